The maximum absolute atomic E-state index is 13.0. The van der Waals surface area contributed by atoms with Crippen molar-refractivity contribution in [3.63, 3.8) is 0 Å². The molecule has 0 aromatic heterocycles. The highest BCUT2D eigenvalue weighted by Crippen LogP contribution is 2.37. The first-order valence-electron chi connectivity index (χ1n) is 8.50. The van der Waals surface area contributed by atoms with E-state index in [1.54, 1.807) is 18.0 Å². The third-order valence-corrected chi connectivity index (χ3v) is 5.15. The highest BCUT2D eigenvalue weighted by Gasteiger charge is 2.34. The Kier molecular flexibility index (Phi) is 5.53. The fourth-order valence-electron chi connectivity index (χ4n) is 3.28. The summed E-state index contributed by atoms with van der Waals surface area (Å²) in [4.78, 5) is 17.1. The van der Waals surface area contributed by atoms with Crippen molar-refractivity contribution >= 4 is 23.4 Å². The van der Waals surface area contributed by atoms with Crippen LogP contribution in [0.5, 0.6) is 0 Å². The molecule has 2 aliphatic heterocycles. The Hall–Kier alpha value is -1.67. The summed E-state index contributed by atoms with van der Waals surface area (Å²) in [5.74, 6) is 0. The Morgan fingerprint density at radius 3 is 2.50 bits per heavy atom. The Balaban J connectivity index is 1.52. The van der Waals surface area contributed by atoms with Crippen molar-refractivity contribution in [2.24, 2.45) is 0 Å². The standard InChI is InChI=1S/C17H21ClF3N3O2/c1-22-11-13(26-16(22)25)4-5-23-6-8-24(9-7-23)12-2-3-15(18)14(10-12)17(19,20)21/h2-3,10,13H,4-9,11H2,1H3. The van der Waals surface area contributed by atoms with Crippen LogP contribution < -0.4 is 4.90 Å². The smallest absolute Gasteiger partial charge is 0.417 e. The number of ether oxygens (including phenoxy) is 1. The van der Waals surface area contributed by atoms with E-state index in [1.807, 2.05) is 4.90 Å². The van der Waals surface area contributed by atoms with Crippen molar-refractivity contribution < 1.29 is 22.7 Å². The molecule has 2 aliphatic rings. The number of hydrogen-bond donors (Lipinski definition) is 0. The third-order valence-electron chi connectivity index (χ3n) is 4.82. The molecule has 0 spiro atoms. The number of cyclic esters (lactones) is 1. The summed E-state index contributed by atoms with van der Waals surface area (Å²) in [6.07, 6.45) is -4.07. The van der Waals surface area contributed by atoms with Gasteiger partial charge in [0.2, 0.25) is 0 Å². The van der Waals surface area contributed by atoms with E-state index in [1.165, 1.54) is 6.07 Å². The Morgan fingerprint density at radius 2 is 1.92 bits per heavy atom. The number of nitrogens with zero attached hydrogens (tertiary/aromatic N) is 3. The minimum Gasteiger partial charge on any atom is -0.444 e. The molecule has 1 aromatic rings. The van der Waals surface area contributed by atoms with Crippen molar-refractivity contribution in [2.75, 3.05) is 51.2 Å². The first-order chi connectivity index (χ1) is 12.2. The number of rotatable bonds is 4. The zero-order valence-corrected chi connectivity index (χ0v) is 15.2. The van der Waals surface area contributed by atoms with Gasteiger partial charge in [-0.05, 0) is 24.6 Å². The van der Waals surface area contributed by atoms with Crippen LogP contribution in [0.2, 0.25) is 5.02 Å². The summed E-state index contributed by atoms with van der Waals surface area (Å²) >= 11 is 5.68. The molecule has 1 unspecified atom stereocenters. The molecule has 2 saturated heterocycles. The number of anilines is 1. The van der Waals surface area contributed by atoms with Crippen molar-refractivity contribution in [3.05, 3.63) is 28.8 Å². The number of piperazine rings is 1. The number of halogens is 4. The van der Waals surface area contributed by atoms with E-state index in [0.29, 0.717) is 25.3 Å². The SMILES string of the molecule is CN1CC(CCN2CCN(c3ccc(Cl)c(C(F)(F)F)c3)CC2)OC1=O. The second kappa shape index (κ2) is 7.52. The van der Waals surface area contributed by atoms with Gasteiger partial charge in [0.1, 0.15) is 6.10 Å². The van der Waals surface area contributed by atoms with Crippen LogP contribution in [0.4, 0.5) is 23.7 Å². The van der Waals surface area contributed by atoms with E-state index in [2.05, 4.69) is 4.90 Å². The van der Waals surface area contributed by atoms with Crippen LogP contribution in [0.15, 0.2) is 18.2 Å². The predicted octanol–water partition coefficient (Wildman–Crippen LogP) is 3.32. The maximum atomic E-state index is 13.0. The second-order valence-corrected chi connectivity index (χ2v) is 7.07. The predicted molar refractivity (Wildman–Crippen MR) is 92.6 cm³/mol. The molecule has 0 radical (unpaired) electrons. The van der Waals surface area contributed by atoms with E-state index in [-0.39, 0.29) is 17.2 Å². The van der Waals surface area contributed by atoms with Gasteiger partial charge in [-0.25, -0.2) is 4.79 Å². The monoisotopic (exact) mass is 391 g/mol. The average Bonchev–Trinajstić information content (AvgIpc) is 2.91. The largest absolute Gasteiger partial charge is 0.444 e. The summed E-state index contributed by atoms with van der Waals surface area (Å²) in [6, 6.07) is 4.05. The zero-order chi connectivity index (χ0) is 18.9. The number of hydrogen-bond acceptors (Lipinski definition) is 4. The first kappa shape index (κ1) is 19.1. The van der Waals surface area contributed by atoms with E-state index in [9.17, 15) is 18.0 Å². The Labute approximate surface area is 155 Å². The minimum absolute atomic E-state index is 0.0869. The molecular weight excluding hydrogens is 371 g/mol. The van der Waals surface area contributed by atoms with Crippen molar-refractivity contribution in [1.29, 1.82) is 0 Å². The lowest BCUT2D eigenvalue weighted by molar-refractivity contribution is -0.137. The van der Waals surface area contributed by atoms with Crippen LogP contribution in [-0.2, 0) is 10.9 Å². The highest BCUT2D eigenvalue weighted by atomic mass is 35.5. The molecule has 2 heterocycles. The molecule has 1 aromatic carbocycles. The molecule has 9 heteroatoms. The minimum atomic E-state index is -4.46. The van der Waals surface area contributed by atoms with Crippen molar-refractivity contribution in [2.45, 2.75) is 18.7 Å². The van der Waals surface area contributed by atoms with Gasteiger partial charge in [0, 0.05) is 45.5 Å². The van der Waals surface area contributed by atoms with E-state index >= 15 is 0 Å². The lowest BCUT2D eigenvalue weighted by Crippen LogP contribution is -2.47. The normalized spacial score (nSPS) is 22.0. The second-order valence-electron chi connectivity index (χ2n) is 6.67. The molecular formula is C17H21ClF3N3O2. The fraction of sp³-hybridized carbons (Fsp3) is 0.588. The Morgan fingerprint density at radius 1 is 1.23 bits per heavy atom. The lowest BCUT2D eigenvalue weighted by Gasteiger charge is -2.36. The summed E-state index contributed by atoms with van der Waals surface area (Å²) in [5.41, 5.74) is -0.265. The van der Waals surface area contributed by atoms with E-state index in [4.69, 9.17) is 16.3 Å². The molecule has 1 amide bonds. The molecule has 0 bridgehead atoms. The first-order valence-corrected chi connectivity index (χ1v) is 8.87. The number of carbonyl (C=O) groups is 1. The summed E-state index contributed by atoms with van der Waals surface area (Å²) < 4.78 is 44.3. The van der Waals surface area contributed by atoms with Gasteiger partial charge in [0.05, 0.1) is 17.1 Å². The van der Waals surface area contributed by atoms with Crippen LogP contribution in [-0.4, -0.2) is 68.3 Å². The maximum Gasteiger partial charge on any atom is 0.417 e. The van der Waals surface area contributed by atoms with Gasteiger partial charge in [-0.3, -0.25) is 4.90 Å². The van der Waals surface area contributed by atoms with Crippen LogP contribution >= 0.6 is 11.6 Å². The van der Waals surface area contributed by atoms with Crippen LogP contribution in [0.3, 0.4) is 0 Å². The summed E-state index contributed by atoms with van der Waals surface area (Å²) in [6.45, 7) is 4.19. The van der Waals surface area contributed by atoms with Gasteiger partial charge in [0.15, 0.2) is 0 Å². The van der Waals surface area contributed by atoms with E-state index < -0.39 is 11.7 Å². The molecule has 5 nitrogen and oxygen atoms in total. The molecule has 0 aliphatic carbocycles. The lowest BCUT2D eigenvalue weighted by atomic mass is 10.1. The molecule has 144 valence electrons. The van der Waals surface area contributed by atoms with Gasteiger partial charge < -0.3 is 14.5 Å². The molecule has 0 N–H and O–H groups in total. The van der Waals surface area contributed by atoms with Gasteiger partial charge in [-0.1, -0.05) is 11.6 Å². The molecule has 3 rings (SSSR count). The highest BCUT2D eigenvalue weighted by molar-refractivity contribution is 6.31. The Bertz CT molecular complexity index is 663. The van der Waals surface area contributed by atoms with Gasteiger partial charge >= 0.3 is 12.3 Å². The number of amides is 1. The van der Waals surface area contributed by atoms with Gasteiger partial charge in [-0.15, -0.1) is 0 Å². The fourth-order valence-corrected chi connectivity index (χ4v) is 3.51. The van der Waals surface area contributed by atoms with Crippen LogP contribution in [0.25, 0.3) is 0 Å². The number of likely N-dealkylation sites (N-methyl/N-ethyl adjacent to an activating group) is 1. The van der Waals surface area contributed by atoms with Crippen molar-refractivity contribution in [1.82, 2.24) is 9.80 Å². The number of alkyl halides is 3. The quantitative estimate of drug-likeness (QED) is 0.789. The molecule has 26 heavy (non-hydrogen) atoms. The number of carbonyl (C=O) groups excluding carboxylic acids is 1. The van der Waals surface area contributed by atoms with Gasteiger partial charge in [0.25, 0.3) is 0 Å². The zero-order valence-electron chi connectivity index (χ0n) is 14.4. The molecule has 0 saturated carbocycles. The van der Waals surface area contributed by atoms with Crippen molar-refractivity contribution in [3.8, 4) is 0 Å². The van der Waals surface area contributed by atoms with Gasteiger partial charge in [-0.2, -0.15) is 13.2 Å². The molecule has 2 fully saturated rings. The third kappa shape index (κ3) is 4.35. The van der Waals surface area contributed by atoms with E-state index in [0.717, 1.165) is 32.1 Å². The summed E-state index contributed by atoms with van der Waals surface area (Å²) in [5, 5.41) is -0.282. The molecule has 1 atom stereocenters. The van der Waals surface area contributed by atoms with Crippen LogP contribution in [0.1, 0.15) is 12.0 Å². The van der Waals surface area contributed by atoms with Crippen LogP contribution in [0, 0.1) is 0 Å². The average molecular weight is 392 g/mol. The number of benzene rings is 1. The summed E-state index contributed by atoms with van der Waals surface area (Å²) in [7, 11) is 1.71. The topological polar surface area (TPSA) is 36.0 Å².